The van der Waals surface area contributed by atoms with Gasteiger partial charge in [0.05, 0.1) is 11.5 Å². The number of carbonyl (C=O) groups is 3. The molecule has 134 valence electrons. The third-order valence-corrected chi connectivity index (χ3v) is 4.35. The number of fused-ring (bicyclic) bond motifs is 1. The molecular weight excluding hydrogens is 339 g/mol. The molecule has 0 spiro atoms. The molecule has 6 nitrogen and oxygen atoms in total. The first-order valence-corrected chi connectivity index (χ1v) is 8.01. The van der Waals surface area contributed by atoms with Gasteiger partial charge in [0.1, 0.15) is 5.82 Å². The Morgan fingerprint density at radius 3 is 2.58 bits per heavy atom. The normalized spacial score (nSPS) is 15.8. The lowest BCUT2D eigenvalue weighted by molar-refractivity contribution is -0.134. The minimum Gasteiger partial charge on any atom is -0.478 e. The molecular formula is C19H17FN2O4. The highest BCUT2D eigenvalue weighted by atomic mass is 19.1. The average Bonchev–Trinajstić information content (AvgIpc) is 2.60. The Bertz CT molecular complexity index is 880. The number of hydrogen-bond donors (Lipinski definition) is 2. The molecule has 0 fully saturated rings. The summed E-state index contributed by atoms with van der Waals surface area (Å²) < 4.78 is 13.4. The molecule has 0 aliphatic carbocycles. The van der Waals surface area contributed by atoms with Crippen molar-refractivity contribution in [2.75, 3.05) is 12.4 Å². The Morgan fingerprint density at radius 2 is 1.92 bits per heavy atom. The summed E-state index contributed by atoms with van der Waals surface area (Å²) in [5, 5.41) is 11.5. The van der Waals surface area contributed by atoms with Crippen LogP contribution in [0.1, 0.15) is 33.8 Å². The molecule has 2 aromatic rings. The fraction of sp³-hybridized carbons (Fsp3) is 0.211. The molecule has 3 rings (SSSR count). The Hall–Kier alpha value is -3.22. The second-order valence-electron chi connectivity index (χ2n) is 6.23. The van der Waals surface area contributed by atoms with Crippen molar-refractivity contribution in [3.8, 4) is 0 Å². The van der Waals surface area contributed by atoms with E-state index in [2.05, 4.69) is 5.32 Å². The van der Waals surface area contributed by atoms with Gasteiger partial charge in [0.15, 0.2) is 0 Å². The first kappa shape index (κ1) is 17.6. The number of carboxylic acids is 1. The third-order valence-electron chi connectivity index (χ3n) is 4.35. The number of nitrogens with one attached hydrogen (secondary N) is 1. The van der Waals surface area contributed by atoms with Crippen LogP contribution in [0, 0.1) is 5.82 Å². The molecule has 7 heteroatoms. The second kappa shape index (κ2) is 6.95. The number of rotatable bonds is 4. The molecule has 1 aliphatic heterocycles. The van der Waals surface area contributed by atoms with Crippen molar-refractivity contribution in [3.63, 3.8) is 0 Å². The monoisotopic (exact) mass is 356 g/mol. The van der Waals surface area contributed by atoms with Gasteiger partial charge in [0.25, 0.3) is 0 Å². The first-order valence-electron chi connectivity index (χ1n) is 8.01. The fourth-order valence-corrected chi connectivity index (χ4v) is 3.03. The number of carbonyl (C=O) groups excluding carboxylic acids is 2. The maximum atomic E-state index is 13.4. The van der Waals surface area contributed by atoms with Gasteiger partial charge in [-0.05, 0) is 35.4 Å². The summed E-state index contributed by atoms with van der Waals surface area (Å²) in [5.41, 5.74) is 1.84. The number of nitrogens with zero attached hydrogens (tertiary/aromatic N) is 1. The quantitative estimate of drug-likeness (QED) is 0.882. The van der Waals surface area contributed by atoms with Crippen molar-refractivity contribution in [2.45, 2.75) is 18.9 Å². The van der Waals surface area contributed by atoms with Gasteiger partial charge >= 0.3 is 5.97 Å². The van der Waals surface area contributed by atoms with Crippen LogP contribution >= 0.6 is 0 Å². The van der Waals surface area contributed by atoms with E-state index in [0.717, 1.165) is 5.56 Å². The van der Waals surface area contributed by atoms with E-state index >= 15 is 0 Å². The van der Waals surface area contributed by atoms with Crippen LogP contribution in [0.15, 0.2) is 42.5 Å². The molecule has 1 atom stereocenters. The summed E-state index contributed by atoms with van der Waals surface area (Å²) in [4.78, 5) is 37.1. The summed E-state index contributed by atoms with van der Waals surface area (Å²) in [6, 6.07) is 10.2. The zero-order chi connectivity index (χ0) is 18.8. The number of likely N-dealkylation sites (N-methyl/N-ethyl adjacent to an activating group) is 1. The van der Waals surface area contributed by atoms with E-state index in [9.17, 15) is 18.8 Å². The zero-order valence-electron chi connectivity index (χ0n) is 14.0. The Balaban J connectivity index is 1.78. The molecule has 1 aliphatic rings. The molecule has 0 unspecified atom stereocenters. The third kappa shape index (κ3) is 3.56. The van der Waals surface area contributed by atoms with Crippen LogP contribution in [0.3, 0.4) is 0 Å². The Kier molecular flexibility index (Phi) is 4.71. The molecule has 0 aromatic heterocycles. The molecule has 2 aromatic carbocycles. The van der Waals surface area contributed by atoms with Crippen LogP contribution < -0.4 is 5.32 Å². The van der Waals surface area contributed by atoms with E-state index in [1.165, 1.54) is 35.2 Å². The van der Waals surface area contributed by atoms with Crippen molar-refractivity contribution < 1.29 is 23.9 Å². The van der Waals surface area contributed by atoms with E-state index in [1.807, 2.05) is 0 Å². The van der Waals surface area contributed by atoms with Crippen LogP contribution in [-0.2, 0) is 16.1 Å². The molecule has 2 amide bonds. The topological polar surface area (TPSA) is 86.7 Å². The lowest BCUT2D eigenvalue weighted by Gasteiger charge is -2.28. The van der Waals surface area contributed by atoms with Crippen LogP contribution in [0.5, 0.6) is 0 Å². The van der Waals surface area contributed by atoms with Gasteiger partial charge < -0.3 is 15.3 Å². The number of carboxylic acid groups (broad SMARTS) is 1. The highest BCUT2D eigenvalue weighted by Gasteiger charge is 2.32. The van der Waals surface area contributed by atoms with Gasteiger partial charge in [-0.15, -0.1) is 0 Å². The van der Waals surface area contributed by atoms with Gasteiger partial charge in [-0.3, -0.25) is 9.59 Å². The first-order chi connectivity index (χ1) is 12.3. The molecule has 26 heavy (non-hydrogen) atoms. The Labute approximate surface area is 149 Å². The summed E-state index contributed by atoms with van der Waals surface area (Å²) in [5.74, 6) is -2.76. The molecule has 0 radical (unpaired) electrons. The van der Waals surface area contributed by atoms with Crippen LogP contribution in [-0.4, -0.2) is 34.8 Å². The summed E-state index contributed by atoms with van der Waals surface area (Å²) in [6.07, 6.45) is -0.000240. The molecule has 0 bridgehead atoms. The van der Waals surface area contributed by atoms with Crippen LogP contribution in [0.25, 0.3) is 0 Å². The second-order valence-corrected chi connectivity index (χ2v) is 6.23. The lowest BCUT2D eigenvalue weighted by Crippen LogP contribution is -2.36. The molecule has 1 heterocycles. The van der Waals surface area contributed by atoms with Gasteiger partial charge in [0.2, 0.25) is 11.8 Å². The van der Waals surface area contributed by atoms with Gasteiger partial charge in [-0.2, -0.15) is 0 Å². The number of hydrogen-bond acceptors (Lipinski definition) is 3. The minimum absolute atomic E-state index is 0.000240. The maximum absolute atomic E-state index is 13.4. The average molecular weight is 356 g/mol. The van der Waals surface area contributed by atoms with Crippen LogP contribution in [0.4, 0.5) is 10.1 Å². The highest BCUT2D eigenvalue weighted by Crippen LogP contribution is 2.34. The van der Waals surface area contributed by atoms with E-state index in [1.54, 1.807) is 19.2 Å². The number of aromatic carboxylic acids is 1. The maximum Gasteiger partial charge on any atom is 0.335 e. The van der Waals surface area contributed by atoms with Crippen molar-refractivity contribution >= 4 is 23.5 Å². The molecule has 0 saturated heterocycles. The van der Waals surface area contributed by atoms with Gasteiger partial charge in [0, 0.05) is 25.7 Å². The SMILES string of the molecule is CN(Cc1ccc(C(=O)O)cc1)C(=O)[C@@H]1CC(=O)Nc2cc(F)ccc21. The van der Waals surface area contributed by atoms with E-state index in [-0.39, 0.29) is 30.3 Å². The number of halogens is 1. The van der Waals surface area contributed by atoms with E-state index in [4.69, 9.17) is 5.11 Å². The van der Waals surface area contributed by atoms with Gasteiger partial charge in [-0.1, -0.05) is 18.2 Å². The summed E-state index contributed by atoms with van der Waals surface area (Å²) in [6.45, 7) is 0.271. The van der Waals surface area contributed by atoms with E-state index in [0.29, 0.717) is 11.3 Å². The molecule has 0 saturated carbocycles. The van der Waals surface area contributed by atoms with Crippen LogP contribution in [0.2, 0.25) is 0 Å². The summed E-state index contributed by atoms with van der Waals surface area (Å²) >= 11 is 0. The zero-order valence-corrected chi connectivity index (χ0v) is 14.0. The highest BCUT2D eigenvalue weighted by molar-refractivity contribution is 6.01. The largest absolute Gasteiger partial charge is 0.478 e. The lowest BCUT2D eigenvalue weighted by atomic mass is 9.89. The minimum atomic E-state index is -1.02. The predicted octanol–water partition coefficient (Wildman–Crippen LogP) is 2.61. The number of benzene rings is 2. The number of amides is 2. The van der Waals surface area contributed by atoms with Crippen molar-refractivity contribution in [1.29, 1.82) is 0 Å². The van der Waals surface area contributed by atoms with Crippen molar-refractivity contribution in [1.82, 2.24) is 4.90 Å². The fourth-order valence-electron chi connectivity index (χ4n) is 3.03. The van der Waals surface area contributed by atoms with E-state index < -0.39 is 17.7 Å². The summed E-state index contributed by atoms with van der Waals surface area (Å²) in [7, 11) is 1.61. The number of anilines is 1. The van der Waals surface area contributed by atoms with Gasteiger partial charge in [-0.25, -0.2) is 9.18 Å². The Morgan fingerprint density at radius 1 is 1.23 bits per heavy atom. The molecule has 2 N–H and O–H groups in total. The van der Waals surface area contributed by atoms with Crippen molar-refractivity contribution in [3.05, 3.63) is 65.0 Å². The van der Waals surface area contributed by atoms with Crippen molar-refractivity contribution in [2.24, 2.45) is 0 Å². The predicted molar refractivity (Wildman–Crippen MR) is 92.3 cm³/mol. The smallest absolute Gasteiger partial charge is 0.335 e. The standard InChI is InChI=1S/C19H17FN2O4/c1-22(10-11-2-4-12(5-3-11)19(25)26)18(24)15-9-17(23)21-16-8-13(20)6-7-14(15)16/h2-8,15H,9-10H2,1H3,(H,21,23)(H,25,26)/t15-/m1/s1.